The number of carbonyl (C=O) groups excluding carboxylic acids is 3. The summed E-state index contributed by atoms with van der Waals surface area (Å²) >= 11 is 6.08. The van der Waals surface area contributed by atoms with Crippen molar-refractivity contribution in [3.63, 3.8) is 0 Å². The summed E-state index contributed by atoms with van der Waals surface area (Å²) in [6.07, 6.45) is -3.43. The molecule has 0 bridgehead atoms. The van der Waals surface area contributed by atoms with Gasteiger partial charge in [-0.05, 0) is 25.0 Å². The molecule has 3 N–H and O–H groups in total. The van der Waals surface area contributed by atoms with E-state index in [0.29, 0.717) is 19.4 Å². The molecule has 1 atom stereocenters. The van der Waals surface area contributed by atoms with Crippen LogP contribution in [0.15, 0.2) is 35.0 Å². The van der Waals surface area contributed by atoms with Gasteiger partial charge >= 0.3 is 6.18 Å². The number of alkyl halides is 3. The molecule has 1 amide bonds. The number of Topliss-reactive ketones (excluding diaryl/α,β-unsaturated/α-hetero) is 2. The lowest BCUT2D eigenvalue weighted by Gasteiger charge is -2.25. The highest BCUT2D eigenvalue weighted by atomic mass is 35.5. The summed E-state index contributed by atoms with van der Waals surface area (Å²) in [5, 5.41) is 4.95. The molecule has 11 heteroatoms. The second-order valence-corrected chi connectivity index (χ2v) is 7.24. The van der Waals surface area contributed by atoms with Gasteiger partial charge in [-0.25, -0.2) is 4.98 Å². The van der Waals surface area contributed by atoms with Crippen molar-refractivity contribution in [2.24, 2.45) is 0 Å². The van der Waals surface area contributed by atoms with Crippen LogP contribution in [0.1, 0.15) is 39.4 Å². The number of carbonyl (C=O) groups is 3. The lowest BCUT2D eigenvalue weighted by atomic mass is 10.00. The van der Waals surface area contributed by atoms with Crippen LogP contribution in [0.4, 0.5) is 13.2 Å². The molecule has 2 aromatic rings. The number of benzene rings is 1. The molecule has 1 aliphatic heterocycles. The van der Waals surface area contributed by atoms with Crippen molar-refractivity contribution in [1.82, 2.24) is 20.6 Å². The van der Waals surface area contributed by atoms with Crippen LogP contribution in [-0.4, -0.2) is 40.0 Å². The van der Waals surface area contributed by atoms with Gasteiger partial charge in [-0.1, -0.05) is 23.7 Å². The summed E-state index contributed by atoms with van der Waals surface area (Å²) in [5.74, 6) is -1.86. The fraction of sp³-hybridized carbons (Fsp3) is 0.263. The molecule has 156 valence electrons. The summed E-state index contributed by atoms with van der Waals surface area (Å²) in [6, 6.07) is 3.60. The van der Waals surface area contributed by atoms with Crippen molar-refractivity contribution in [1.29, 1.82) is 0 Å². The normalized spacial score (nSPS) is 19.6. The van der Waals surface area contributed by atoms with Crippen LogP contribution >= 0.6 is 11.6 Å². The molecule has 2 aliphatic rings. The molecular formula is C19H14ClF3N4O3. The van der Waals surface area contributed by atoms with Gasteiger partial charge in [-0.3, -0.25) is 14.4 Å². The first-order valence-electron chi connectivity index (χ1n) is 8.98. The fourth-order valence-corrected chi connectivity index (χ4v) is 3.57. The van der Waals surface area contributed by atoms with Crippen molar-refractivity contribution in [2.45, 2.75) is 25.1 Å². The van der Waals surface area contributed by atoms with E-state index in [4.69, 9.17) is 11.6 Å². The number of piperidine rings is 1. The molecule has 1 aromatic heterocycles. The number of hydrogen-bond acceptors (Lipinski definition) is 5. The Hall–Kier alpha value is -3.14. The number of aromatic nitrogens is 2. The average Bonchev–Trinajstić information content (AvgIpc) is 3.16. The van der Waals surface area contributed by atoms with Gasteiger partial charge in [0.25, 0.3) is 0 Å². The number of nitrogens with one attached hydrogen (secondary N) is 3. The predicted octanol–water partition coefficient (Wildman–Crippen LogP) is 2.79. The van der Waals surface area contributed by atoms with E-state index in [1.165, 1.54) is 12.1 Å². The maximum atomic E-state index is 13.0. The van der Waals surface area contributed by atoms with Gasteiger partial charge in [-0.2, -0.15) is 13.2 Å². The molecule has 0 unspecified atom stereocenters. The number of fused-ring (bicyclic) bond motifs is 1. The van der Waals surface area contributed by atoms with Crippen LogP contribution in [0, 0.1) is 0 Å². The zero-order chi connectivity index (χ0) is 21.6. The third kappa shape index (κ3) is 3.47. The molecule has 0 spiro atoms. The van der Waals surface area contributed by atoms with Gasteiger partial charge in [-0.15, -0.1) is 0 Å². The highest BCUT2D eigenvalue weighted by Gasteiger charge is 2.37. The Morgan fingerprint density at radius 1 is 1.17 bits per heavy atom. The highest BCUT2D eigenvalue weighted by Crippen LogP contribution is 2.33. The minimum atomic E-state index is -4.56. The largest absolute Gasteiger partial charge is 0.416 e. The number of H-pyrrole nitrogens is 1. The van der Waals surface area contributed by atoms with Gasteiger partial charge < -0.3 is 15.6 Å². The number of imidazole rings is 1. The Labute approximate surface area is 172 Å². The fourth-order valence-electron chi connectivity index (χ4n) is 3.34. The number of rotatable bonds is 3. The van der Waals surface area contributed by atoms with Gasteiger partial charge in [0, 0.05) is 12.1 Å². The van der Waals surface area contributed by atoms with Crippen molar-refractivity contribution < 1.29 is 27.6 Å². The van der Waals surface area contributed by atoms with Crippen LogP contribution in [-0.2, 0) is 11.0 Å². The smallest absolute Gasteiger partial charge is 0.369 e. The quantitative estimate of drug-likeness (QED) is 0.683. The molecule has 0 radical (unpaired) electrons. The van der Waals surface area contributed by atoms with Gasteiger partial charge in [0.05, 0.1) is 5.56 Å². The summed E-state index contributed by atoms with van der Waals surface area (Å²) < 4.78 is 39.0. The summed E-state index contributed by atoms with van der Waals surface area (Å²) in [7, 11) is 0. The number of aromatic amines is 1. The number of amides is 1. The lowest BCUT2D eigenvalue weighted by Crippen LogP contribution is -2.49. The van der Waals surface area contributed by atoms with Crippen LogP contribution in [0.3, 0.4) is 0 Å². The molecule has 30 heavy (non-hydrogen) atoms. The van der Waals surface area contributed by atoms with Gasteiger partial charge in [0.15, 0.2) is 0 Å². The van der Waals surface area contributed by atoms with E-state index in [9.17, 15) is 27.6 Å². The number of allylic oxidation sites excluding steroid dienone is 2. The van der Waals surface area contributed by atoms with Gasteiger partial charge in [0.2, 0.25) is 17.5 Å². The Morgan fingerprint density at radius 3 is 2.63 bits per heavy atom. The molecule has 1 aliphatic carbocycles. The molecule has 1 aromatic carbocycles. The predicted molar refractivity (Wildman–Crippen MR) is 99.7 cm³/mol. The average molecular weight is 439 g/mol. The maximum absolute atomic E-state index is 13.0. The third-order valence-corrected chi connectivity index (χ3v) is 5.22. The zero-order valence-electron chi connectivity index (χ0n) is 15.2. The van der Waals surface area contributed by atoms with E-state index in [1.807, 2.05) is 0 Å². The van der Waals surface area contributed by atoms with E-state index in [2.05, 4.69) is 20.6 Å². The van der Waals surface area contributed by atoms with Crippen LogP contribution < -0.4 is 10.6 Å². The first-order chi connectivity index (χ1) is 14.2. The third-order valence-electron chi connectivity index (χ3n) is 4.86. The van der Waals surface area contributed by atoms with E-state index in [0.717, 1.165) is 12.1 Å². The van der Waals surface area contributed by atoms with E-state index >= 15 is 0 Å². The first-order valence-corrected chi connectivity index (χ1v) is 9.35. The standard InChI is InChI=1S/C19H14ClF3N4O3/c20-11-12(25-10-5-2-6-24-18(10)30)16(29)14-13(15(11)28)26-17(27-14)8-3-1-4-9(7-8)19(21,22)23/h1,3-4,7,10,25H,2,5-6H2,(H,24,30)(H,26,27)/t10-/m0/s1. The topological polar surface area (TPSA) is 104 Å². The number of ketones is 2. The Bertz CT molecular complexity index is 1110. The molecule has 1 saturated heterocycles. The van der Waals surface area contributed by atoms with Gasteiger partial charge in [0.1, 0.15) is 34.0 Å². The SMILES string of the molecule is O=C1C(N[C@H]2CCCNC2=O)=C(Cl)C(=O)c2[nH]c(-c3cccc(C(F)(F)F)c3)nc21. The summed E-state index contributed by atoms with van der Waals surface area (Å²) in [4.78, 5) is 44.1. The monoisotopic (exact) mass is 438 g/mol. The van der Waals surface area contributed by atoms with Crippen LogP contribution in [0.5, 0.6) is 0 Å². The molecular weight excluding hydrogens is 425 g/mol. The summed E-state index contributed by atoms with van der Waals surface area (Å²) in [5.41, 5.74) is -1.57. The number of halogens is 4. The molecule has 4 rings (SSSR count). The minimum absolute atomic E-state index is 0.0529. The Kier molecular flexibility index (Phi) is 4.89. The van der Waals surface area contributed by atoms with Crippen LogP contribution in [0.25, 0.3) is 11.4 Å². The molecule has 1 fully saturated rings. The highest BCUT2D eigenvalue weighted by molar-refractivity contribution is 6.49. The summed E-state index contributed by atoms with van der Waals surface area (Å²) in [6.45, 7) is 0.514. The van der Waals surface area contributed by atoms with Crippen molar-refractivity contribution in [3.8, 4) is 11.4 Å². The molecule has 0 saturated carbocycles. The minimum Gasteiger partial charge on any atom is -0.369 e. The number of nitrogens with zero attached hydrogens (tertiary/aromatic N) is 1. The zero-order valence-corrected chi connectivity index (χ0v) is 15.9. The second-order valence-electron chi connectivity index (χ2n) is 6.86. The van der Waals surface area contributed by atoms with E-state index < -0.39 is 34.4 Å². The van der Waals surface area contributed by atoms with Crippen molar-refractivity contribution in [2.75, 3.05) is 6.54 Å². The Balaban J connectivity index is 1.68. The van der Waals surface area contributed by atoms with E-state index in [1.54, 1.807) is 0 Å². The molecule has 2 heterocycles. The number of hydrogen-bond donors (Lipinski definition) is 3. The van der Waals surface area contributed by atoms with E-state index in [-0.39, 0.29) is 34.4 Å². The van der Waals surface area contributed by atoms with Crippen molar-refractivity contribution in [3.05, 3.63) is 51.9 Å². The first kappa shape index (κ1) is 20.1. The van der Waals surface area contributed by atoms with Crippen LogP contribution in [0.2, 0.25) is 0 Å². The maximum Gasteiger partial charge on any atom is 0.416 e. The lowest BCUT2D eigenvalue weighted by molar-refractivity contribution is -0.137. The Morgan fingerprint density at radius 2 is 1.93 bits per heavy atom. The molecule has 7 nitrogen and oxygen atoms in total. The van der Waals surface area contributed by atoms with Crippen molar-refractivity contribution >= 4 is 29.1 Å². The second kappa shape index (κ2) is 7.28.